The minimum atomic E-state index is -1.07. The lowest BCUT2D eigenvalue weighted by molar-refractivity contribution is 0.143. The minimum absolute atomic E-state index is 0.0697. The SMILES string of the molecule is O=S1CCc2nc(N3CCc4ccccc43)nc(NC3(CO)CCC3)c21. The molecule has 5 rings (SSSR count). The first-order chi connectivity index (χ1) is 12.7. The molecule has 1 aromatic heterocycles. The van der Waals surface area contributed by atoms with Crippen molar-refractivity contribution in [2.75, 3.05) is 29.1 Å². The fourth-order valence-electron chi connectivity index (χ4n) is 4.11. The Morgan fingerprint density at radius 1 is 1.23 bits per heavy atom. The van der Waals surface area contributed by atoms with Crippen molar-refractivity contribution in [2.45, 2.75) is 42.5 Å². The fourth-order valence-corrected chi connectivity index (χ4v) is 5.42. The predicted molar refractivity (Wildman–Crippen MR) is 101 cm³/mol. The number of aryl methyl sites for hydroxylation is 1. The number of aromatic nitrogens is 2. The Labute approximate surface area is 155 Å². The molecule has 1 unspecified atom stereocenters. The molecular formula is C19H22N4O2S. The van der Waals surface area contributed by atoms with Gasteiger partial charge in [-0.15, -0.1) is 0 Å². The number of aliphatic hydroxyl groups excluding tert-OH is 1. The van der Waals surface area contributed by atoms with E-state index in [1.165, 1.54) is 5.56 Å². The molecule has 0 amide bonds. The summed E-state index contributed by atoms with van der Waals surface area (Å²) in [5, 5.41) is 13.3. The molecule has 1 fully saturated rings. The first-order valence-corrected chi connectivity index (χ1v) is 10.5. The van der Waals surface area contributed by atoms with Crippen molar-refractivity contribution >= 4 is 28.3 Å². The molecule has 3 aliphatic rings. The average molecular weight is 370 g/mol. The average Bonchev–Trinajstić information content (AvgIpc) is 3.22. The van der Waals surface area contributed by atoms with Gasteiger partial charge in [-0.2, -0.15) is 4.98 Å². The molecule has 1 aromatic carbocycles. The van der Waals surface area contributed by atoms with Gasteiger partial charge in [0, 0.05) is 24.4 Å². The summed E-state index contributed by atoms with van der Waals surface area (Å²) in [6.45, 7) is 0.923. The third-order valence-electron chi connectivity index (χ3n) is 5.80. The van der Waals surface area contributed by atoms with Gasteiger partial charge in [0.2, 0.25) is 5.95 Å². The number of para-hydroxylation sites is 1. The molecule has 2 aromatic rings. The van der Waals surface area contributed by atoms with Gasteiger partial charge in [0.1, 0.15) is 10.7 Å². The van der Waals surface area contributed by atoms with Crippen LogP contribution in [0.2, 0.25) is 0 Å². The first-order valence-electron chi connectivity index (χ1n) is 9.23. The summed E-state index contributed by atoms with van der Waals surface area (Å²) in [7, 11) is -1.07. The van der Waals surface area contributed by atoms with Crippen LogP contribution >= 0.6 is 0 Å². The summed E-state index contributed by atoms with van der Waals surface area (Å²) in [5.41, 5.74) is 3.01. The number of fused-ring (bicyclic) bond motifs is 2. The molecule has 0 spiro atoms. The van der Waals surface area contributed by atoms with E-state index in [1.54, 1.807) is 0 Å². The van der Waals surface area contributed by atoms with Crippen LogP contribution in [0, 0.1) is 0 Å². The zero-order valence-corrected chi connectivity index (χ0v) is 15.4. The van der Waals surface area contributed by atoms with Gasteiger partial charge in [0.25, 0.3) is 0 Å². The van der Waals surface area contributed by atoms with Gasteiger partial charge in [-0.3, -0.25) is 4.21 Å². The van der Waals surface area contributed by atoms with Crippen LogP contribution in [0.3, 0.4) is 0 Å². The zero-order valence-electron chi connectivity index (χ0n) is 14.6. The second-order valence-corrected chi connectivity index (χ2v) is 8.90. The van der Waals surface area contributed by atoms with Crippen molar-refractivity contribution in [2.24, 2.45) is 0 Å². The summed E-state index contributed by atoms with van der Waals surface area (Å²) >= 11 is 0. The summed E-state index contributed by atoms with van der Waals surface area (Å²) in [6, 6.07) is 8.34. The van der Waals surface area contributed by atoms with Crippen molar-refractivity contribution in [3.05, 3.63) is 35.5 Å². The summed E-state index contributed by atoms with van der Waals surface area (Å²) < 4.78 is 12.5. The van der Waals surface area contributed by atoms with Crippen LogP contribution < -0.4 is 10.2 Å². The van der Waals surface area contributed by atoms with Gasteiger partial charge in [-0.05, 0) is 37.3 Å². The highest BCUT2D eigenvalue weighted by molar-refractivity contribution is 7.85. The van der Waals surface area contributed by atoms with E-state index >= 15 is 0 Å². The molecule has 26 heavy (non-hydrogen) atoms. The molecule has 0 radical (unpaired) electrons. The van der Waals surface area contributed by atoms with Gasteiger partial charge < -0.3 is 15.3 Å². The number of nitrogens with zero attached hydrogens (tertiary/aromatic N) is 3. The Morgan fingerprint density at radius 2 is 2.08 bits per heavy atom. The van der Waals surface area contributed by atoms with Gasteiger partial charge in [-0.1, -0.05) is 18.2 Å². The monoisotopic (exact) mass is 370 g/mol. The molecule has 6 nitrogen and oxygen atoms in total. The molecule has 7 heteroatoms. The third-order valence-corrected chi connectivity index (χ3v) is 7.26. The van der Waals surface area contributed by atoms with E-state index in [-0.39, 0.29) is 12.1 Å². The first kappa shape index (κ1) is 16.2. The van der Waals surface area contributed by atoms with Crippen LogP contribution in [0.4, 0.5) is 17.5 Å². The normalized spacial score (nSPS) is 22.7. The van der Waals surface area contributed by atoms with Crippen molar-refractivity contribution in [3.8, 4) is 0 Å². The lowest BCUT2D eigenvalue weighted by Gasteiger charge is -2.41. The summed E-state index contributed by atoms with van der Waals surface area (Å²) in [5.74, 6) is 1.92. The quantitative estimate of drug-likeness (QED) is 0.859. The Kier molecular flexibility index (Phi) is 3.76. The van der Waals surface area contributed by atoms with Gasteiger partial charge >= 0.3 is 0 Å². The van der Waals surface area contributed by atoms with E-state index in [9.17, 15) is 9.32 Å². The maximum atomic E-state index is 12.5. The second kappa shape index (κ2) is 6.03. The highest BCUT2D eigenvalue weighted by atomic mass is 32.2. The van der Waals surface area contributed by atoms with Crippen LogP contribution in [0.15, 0.2) is 29.2 Å². The number of hydrogen-bond donors (Lipinski definition) is 2. The molecule has 1 atom stereocenters. The summed E-state index contributed by atoms with van der Waals surface area (Å²) in [4.78, 5) is 12.4. The molecule has 1 aliphatic carbocycles. The number of hydrogen-bond acceptors (Lipinski definition) is 6. The predicted octanol–water partition coefficient (Wildman–Crippen LogP) is 2.16. The van der Waals surface area contributed by atoms with Crippen molar-refractivity contribution in [1.82, 2.24) is 9.97 Å². The number of aliphatic hydroxyl groups is 1. The van der Waals surface area contributed by atoms with E-state index in [2.05, 4.69) is 28.4 Å². The van der Waals surface area contributed by atoms with E-state index in [1.807, 2.05) is 6.07 Å². The van der Waals surface area contributed by atoms with Crippen LogP contribution in [0.25, 0.3) is 0 Å². The topological polar surface area (TPSA) is 78.4 Å². The number of rotatable bonds is 4. The smallest absolute Gasteiger partial charge is 0.232 e. The molecule has 0 bridgehead atoms. The minimum Gasteiger partial charge on any atom is -0.394 e. The van der Waals surface area contributed by atoms with Gasteiger partial charge in [-0.25, -0.2) is 4.98 Å². The molecule has 1 saturated carbocycles. The fraction of sp³-hybridized carbons (Fsp3) is 0.474. The molecular weight excluding hydrogens is 348 g/mol. The standard InChI is InChI=1S/C19H22N4O2S/c24-12-19(8-3-9-19)22-17-16-14(7-11-26(16)25)20-18(21-17)23-10-6-13-4-1-2-5-15(13)23/h1-2,4-5,24H,3,6-12H2,(H,20,21,22). The molecule has 2 N–H and O–H groups in total. The zero-order chi connectivity index (χ0) is 17.7. The van der Waals surface area contributed by atoms with Crippen LogP contribution in [0.1, 0.15) is 30.5 Å². The Bertz CT molecular complexity index is 892. The lowest BCUT2D eigenvalue weighted by atomic mass is 9.77. The largest absolute Gasteiger partial charge is 0.394 e. The summed E-state index contributed by atoms with van der Waals surface area (Å²) in [6.07, 6.45) is 4.61. The highest BCUT2D eigenvalue weighted by Crippen LogP contribution is 2.40. The Morgan fingerprint density at radius 3 is 2.85 bits per heavy atom. The Balaban J connectivity index is 1.58. The van der Waals surface area contributed by atoms with Crippen LogP contribution in [0.5, 0.6) is 0 Å². The Hall–Kier alpha value is -1.99. The lowest BCUT2D eigenvalue weighted by Crippen LogP contribution is -2.48. The van der Waals surface area contributed by atoms with E-state index in [4.69, 9.17) is 9.97 Å². The van der Waals surface area contributed by atoms with E-state index in [0.717, 1.165) is 48.5 Å². The number of nitrogens with one attached hydrogen (secondary N) is 1. The van der Waals surface area contributed by atoms with Crippen molar-refractivity contribution in [3.63, 3.8) is 0 Å². The highest BCUT2D eigenvalue weighted by Gasteiger charge is 2.39. The second-order valence-electron chi connectivity index (χ2n) is 7.40. The van der Waals surface area contributed by atoms with Gasteiger partial charge in [0.15, 0.2) is 0 Å². The van der Waals surface area contributed by atoms with Crippen LogP contribution in [-0.2, 0) is 23.6 Å². The number of benzene rings is 1. The van der Waals surface area contributed by atoms with Crippen LogP contribution in [-0.4, -0.2) is 43.7 Å². The van der Waals surface area contributed by atoms with E-state index in [0.29, 0.717) is 23.9 Å². The maximum Gasteiger partial charge on any atom is 0.232 e. The third kappa shape index (κ3) is 2.45. The van der Waals surface area contributed by atoms with Crippen molar-refractivity contribution < 1.29 is 9.32 Å². The maximum absolute atomic E-state index is 12.5. The molecule has 0 saturated heterocycles. The number of anilines is 3. The molecule has 136 valence electrons. The molecule has 3 heterocycles. The van der Waals surface area contributed by atoms with E-state index < -0.39 is 10.8 Å². The van der Waals surface area contributed by atoms with Gasteiger partial charge in [0.05, 0.1) is 28.6 Å². The van der Waals surface area contributed by atoms with Crippen molar-refractivity contribution in [1.29, 1.82) is 0 Å². The molecule has 2 aliphatic heterocycles.